The van der Waals surface area contributed by atoms with Gasteiger partial charge in [-0.25, -0.2) is 0 Å². The molecule has 1 aromatic carbocycles. The number of amides is 1. The number of nitrogens with one attached hydrogen (secondary N) is 1. The number of hydrogen-bond donors (Lipinski definition) is 1. The Hall–Kier alpha value is -1.68. The Labute approximate surface area is 101 Å². The quantitative estimate of drug-likeness (QED) is 0.582. The minimum absolute atomic E-state index is 0.0623. The molecule has 0 atom stereocenters. The van der Waals surface area contributed by atoms with Crippen molar-refractivity contribution < 1.29 is 14.3 Å². The van der Waals surface area contributed by atoms with Gasteiger partial charge < -0.3 is 10.1 Å². The van der Waals surface area contributed by atoms with Gasteiger partial charge in [0.2, 0.25) is 5.91 Å². The first-order valence-corrected chi connectivity index (χ1v) is 5.69. The number of hydrogen-bond acceptors (Lipinski definition) is 3. The number of carbonyl (C=O) groups excluding carboxylic acids is 2. The fraction of sp³-hybridized carbons (Fsp3) is 0.385. The van der Waals surface area contributed by atoms with Gasteiger partial charge in [-0.2, -0.15) is 0 Å². The molecule has 17 heavy (non-hydrogen) atoms. The van der Waals surface area contributed by atoms with E-state index in [-0.39, 0.29) is 5.91 Å². The van der Waals surface area contributed by atoms with Crippen molar-refractivity contribution in [3.8, 4) is 0 Å². The first-order valence-electron chi connectivity index (χ1n) is 5.69. The lowest BCUT2D eigenvalue weighted by Gasteiger charge is -2.05. The molecular formula is C13H17NO3. The van der Waals surface area contributed by atoms with Crippen LogP contribution in [-0.4, -0.2) is 25.4 Å². The predicted molar refractivity (Wildman–Crippen MR) is 66.2 cm³/mol. The lowest BCUT2D eigenvalue weighted by Crippen LogP contribution is -2.12. The second-order valence-electron chi connectivity index (χ2n) is 3.59. The summed E-state index contributed by atoms with van der Waals surface area (Å²) in [5, 5.41) is 2.74. The summed E-state index contributed by atoms with van der Waals surface area (Å²) in [7, 11) is 0. The fourth-order valence-electron chi connectivity index (χ4n) is 1.39. The number of ether oxygens (including phenoxy) is 1. The first-order chi connectivity index (χ1) is 8.26. The molecule has 1 amide bonds. The summed E-state index contributed by atoms with van der Waals surface area (Å²) in [6.45, 7) is 3.19. The molecule has 0 saturated carbocycles. The van der Waals surface area contributed by atoms with Gasteiger partial charge in [0.1, 0.15) is 6.29 Å². The number of carbonyl (C=O) groups is 2. The van der Waals surface area contributed by atoms with Crippen LogP contribution in [0.2, 0.25) is 0 Å². The SMILES string of the molecule is CCOCCCC(=O)Nc1cccc(C=O)c1. The topological polar surface area (TPSA) is 55.4 Å². The minimum Gasteiger partial charge on any atom is -0.382 e. The molecule has 0 saturated heterocycles. The summed E-state index contributed by atoms with van der Waals surface area (Å²) in [6, 6.07) is 6.83. The largest absolute Gasteiger partial charge is 0.382 e. The second kappa shape index (κ2) is 7.57. The number of rotatable bonds is 7. The third kappa shape index (κ3) is 5.26. The lowest BCUT2D eigenvalue weighted by molar-refractivity contribution is -0.116. The smallest absolute Gasteiger partial charge is 0.224 e. The van der Waals surface area contributed by atoms with E-state index >= 15 is 0 Å². The van der Waals surface area contributed by atoms with E-state index in [1.807, 2.05) is 6.92 Å². The highest BCUT2D eigenvalue weighted by molar-refractivity contribution is 5.91. The van der Waals surface area contributed by atoms with E-state index in [0.29, 0.717) is 37.3 Å². The van der Waals surface area contributed by atoms with E-state index in [1.54, 1.807) is 24.3 Å². The molecule has 0 fully saturated rings. The number of anilines is 1. The highest BCUT2D eigenvalue weighted by Gasteiger charge is 2.02. The Morgan fingerprint density at radius 2 is 2.29 bits per heavy atom. The van der Waals surface area contributed by atoms with E-state index in [4.69, 9.17) is 4.74 Å². The van der Waals surface area contributed by atoms with Crippen LogP contribution in [0.25, 0.3) is 0 Å². The molecule has 4 nitrogen and oxygen atoms in total. The van der Waals surface area contributed by atoms with Gasteiger partial charge >= 0.3 is 0 Å². The second-order valence-corrected chi connectivity index (χ2v) is 3.59. The Kier molecular flexibility index (Phi) is 5.96. The molecule has 0 unspecified atom stereocenters. The summed E-state index contributed by atoms with van der Waals surface area (Å²) in [6.07, 6.45) is 1.88. The van der Waals surface area contributed by atoms with Gasteiger partial charge in [-0.3, -0.25) is 9.59 Å². The molecule has 4 heteroatoms. The van der Waals surface area contributed by atoms with Crippen molar-refractivity contribution in [3.05, 3.63) is 29.8 Å². The molecule has 0 bridgehead atoms. The Morgan fingerprint density at radius 3 is 3.00 bits per heavy atom. The molecule has 1 N–H and O–H groups in total. The van der Waals surface area contributed by atoms with E-state index in [9.17, 15) is 9.59 Å². The van der Waals surface area contributed by atoms with Crippen molar-refractivity contribution in [1.82, 2.24) is 0 Å². The van der Waals surface area contributed by atoms with Crippen molar-refractivity contribution in [1.29, 1.82) is 0 Å². The summed E-state index contributed by atoms with van der Waals surface area (Å²) >= 11 is 0. The van der Waals surface area contributed by atoms with E-state index in [2.05, 4.69) is 5.32 Å². The van der Waals surface area contributed by atoms with E-state index in [1.165, 1.54) is 0 Å². The van der Waals surface area contributed by atoms with Gasteiger partial charge in [-0.1, -0.05) is 12.1 Å². The van der Waals surface area contributed by atoms with Gasteiger partial charge in [0.25, 0.3) is 0 Å². The van der Waals surface area contributed by atoms with Crippen molar-refractivity contribution in [2.45, 2.75) is 19.8 Å². The molecule has 0 aliphatic heterocycles. The molecule has 0 spiro atoms. The third-order valence-electron chi connectivity index (χ3n) is 2.20. The lowest BCUT2D eigenvalue weighted by atomic mass is 10.2. The van der Waals surface area contributed by atoms with Crippen molar-refractivity contribution >= 4 is 17.9 Å². The maximum atomic E-state index is 11.5. The van der Waals surface area contributed by atoms with Crippen LogP contribution in [0.3, 0.4) is 0 Å². The van der Waals surface area contributed by atoms with Gasteiger partial charge in [0.15, 0.2) is 0 Å². The van der Waals surface area contributed by atoms with Crippen LogP contribution in [0.15, 0.2) is 24.3 Å². The zero-order valence-electron chi connectivity index (χ0n) is 9.94. The summed E-state index contributed by atoms with van der Waals surface area (Å²) in [5.41, 5.74) is 1.20. The number of aldehydes is 1. The third-order valence-corrected chi connectivity index (χ3v) is 2.20. The fourth-order valence-corrected chi connectivity index (χ4v) is 1.39. The molecule has 0 aromatic heterocycles. The van der Waals surface area contributed by atoms with Gasteiger partial charge in [-0.05, 0) is 25.5 Å². The Morgan fingerprint density at radius 1 is 1.47 bits per heavy atom. The standard InChI is InChI=1S/C13H17NO3/c1-2-17-8-4-7-13(16)14-12-6-3-5-11(9-12)10-15/h3,5-6,9-10H,2,4,7-8H2,1H3,(H,14,16). The normalized spacial score (nSPS) is 9.94. The van der Waals surface area contributed by atoms with E-state index in [0.717, 1.165) is 6.29 Å². The molecule has 0 heterocycles. The van der Waals surface area contributed by atoms with Crippen LogP contribution >= 0.6 is 0 Å². The average molecular weight is 235 g/mol. The Bertz CT molecular complexity index is 377. The van der Waals surface area contributed by atoms with Crippen molar-refractivity contribution in [2.24, 2.45) is 0 Å². The van der Waals surface area contributed by atoms with Crippen LogP contribution in [0.5, 0.6) is 0 Å². The molecule has 0 radical (unpaired) electrons. The monoisotopic (exact) mass is 235 g/mol. The summed E-state index contributed by atoms with van der Waals surface area (Å²) < 4.78 is 5.14. The van der Waals surface area contributed by atoms with Gasteiger partial charge in [0, 0.05) is 30.9 Å². The van der Waals surface area contributed by atoms with Crippen LogP contribution in [0.4, 0.5) is 5.69 Å². The molecule has 92 valence electrons. The maximum absolute atomic E-state index is 11.5. The summed E-state index contributed by atoms with van der Waals surface area (Å²) in [4.78, 5) is 22.1. The average Bonchev–Trinajstić information content (AvgIpc) is 2.35. The van der Waals surface area contributed by atoms with Crippen LogP contribution < -0.4 is 5.32 Å². The predicted octanol–water partition coefficient (Wildman–Crippen LogP) is 2.25. The number of benzene rings is 1. The van der Waals surface area contributed by atoms with E-state index < -0.39 is 0 Å². The maximum Gasteiger partial charge on any atom is 0.224 e. The molecular weight excluding hydrogens is 218 g/mol. The molecule has 1 aromatic rings. The Balaban J connectivity index is 2.36. The minimum atomic E-state index is -0.0623. The van der Waals surface area contributed by atoms with Crippen LogP contribution in [-0.2, 0) is 9.53 Å². The van der Waals surface area contributed by atoms with Gasteiger partial charge in [0.05, 0.1) is 0 Å². The van der Waals surface area contributed by atoms with Crippen molar-refractivity contribution in [3.63, 3.8) is 0 Å². The van der Waals surface area contributed by atoms with Gasteiger partial charge in [-0.15, -0.1) is 0 Å². The van der Waals surface area contributed by atoms with Crippen LogP contribution in [0, 0.1) is 0 Å². The molecule has 1 rings (SSSR count). The first kappa shape index (κ1) is 13.4. The zero-order valence-corrected chi connectivity index (χ0v) is 9.94. The van der Waals surface area contributed by atoms with Crippen molar-refractivity contribution in [2.75, 3.05) is 18.5 Å². The zero-order chi connectivity index (χ0) is 12.5. The highest BCUT2D eigenvalue weighted by atomic mass is 16.5. The highest BCUT2D eigenvalue weighted by Crippen LogP contribution is 2.09. The molecule has 0 aliphatic carbocycles. The summed E-state index contributed by atoms with van der Waals surface area (Å²) in [5.74, 6) is -0.0623. The van der Waals surface area contributed by atoms with Crippen LogP contribution in [0.1, 0.15) is 30.1 Å². The molecule has 0 aliphatic rings.